The zero-order valence-corrected chi connectivity index (χ0v) is 12.1. The van der Waals surface area contributed by atoms with Crippen LogP contribution in [0.25, 0.3) is 10.6 Å². The molecule has 5 heteroatoms. The van der Waals surface area contributed by atoms with E-state index in [1.54, 1.807) is 18.4 Å². The monoisotopic (exact) mass is 281 g/mol. The van der Waals surface area contributed by atoms with Crippen molar-refractivity contribution >= 4 is 24.0 Å². The molecule has 0 radical (unpaired) electrons. The van der Waals surface area contributed by atoms with Gasteiger partial charge in [0.25, 0.3) is 0 Å². The van der Waals surface area contributed by atoms with Crippen LogP contribution in [0.1, 0.15) is 11.8 Å². The molecule has 1 aromatic carbocycles. The predicted octanol–water partition coefficient (Wildman–Crippen LogP) is 3.65. The fraction of sp³-hybridized carbons (Fsp3) is 0.308. The van der Waals surface area contributed by atoms with Crippen LogP contribution in [-0.4, -0.2) is 18.7 Å². The minimum Gasteiger partial charge on any atom is -0.493 e. The van der Waals surface area contributed by atoms with Crippen molar-refractivity contribution in [2.45, 2.75) is 12.7 Å². The molecule has 0 aliphatic heterocycles. The van der Waals surface area contributed by atoms with Gasteiger partial charge in [-0.05, 0) is 19.1 Å². The van der Waals surface area contributed by atoms with Crippen molar-refractivity contribution in [2.24, 2.45) is 0 Å². The van der Waals surface area contributed by atoms with Crippen molar-refractivity contribution in [3.63, 3.8) is 0 Å². The van der Waals surface area contributed by atoms with Crippen molar-refractivity contribution in [1.29, 1.82) is 0 Å². The van der Waals surface area contributed by atoms with Gasteiger partial charge in [-0.3, -0.25) is 0 Å². The second kappa shape index (κ2) is 6.11. The molecule has 0 unspecified atom stereocenters. The summed E-state index contributed by atoms with van der Waals surface area (Å²) in [5.74, 6) is 2.19. The number of benzene rings is 1. The summed E-state index contributed by atoms with van der Waals surface area (Å²) in [5.41, 5.74) is 0.967. The topological polar surface area (TPSA) is 31.4 Å². The largest absolute Gasteiger partial charge is 0.493 e. The molecule has 0 fully saturated rings. The second-order valence-electron chi connectivity index (χ2n) is 3.56. The standard InChI is InChI=1S/C13H15NO2S2/c1-3-16-12-10(5-4-6-11(12)15-2)13-14-7-9(8-17)18-13/h4-7,17H,3,8H2,1-2H3. The number of ether oxygens (including phenoxy) is 2. The quantitative estimate of drug-likeness (QED) is 0.849. The SMILES string of the molecule is CCOc1c(OC)cccc1-c1ncc(CS)s1. The van der Waals surface area contributed by atoms with E-state index in [9.17, 15) is 0 Å². The van der Waals surface area contributed by atoms with Crippen LogP contribution in [0.4, 0.5) is 0 Å². The fourth-order valence-corrected chi connectivity index (χ4v) is 2.71. The Balaban J connectivity index is 2.48. The van der Waals surface area contributed by atoms with Crippen molar-refractivity contribution in [1.82, 2.24) is 4.98 Å². The smallest absolute Gasteiger partial charge is 0.171 e. The van der Waals surface area contributed by atoms with Gasteiger partial charge in [-0.25, -0.2) is 4.98 Å². The third-order valence-electron chi connectivity index (χ3n) is 2.43. The Bertz CT molecular complexity index is 525. The molecule has 0 saturated heterocycles. The lowest BCUT2D eigenvalue weighted by atomic mass is 10.2. The van der Waals surface area contributed by atoms with Crippen molar-refractivity contribution in [2.75, 3.05) is 13.7 Å². The Hall–Kier alpha value is -1.20. The normalized spacial score (nSPS) is 10.4. The molecule has 18 heavy (non-hydrogen) atoms. The molecular weight excluding hydrogens is 266 g/mol. The molecule has 3 nitrogen and oxygen atoms in total. The minimum atomic E-state index is 0.595. The maximum Gasteiger partial charge on any atom is 0.171 e. The molecular formula is C13H15NO2S2. The summed E-state index contributed by atoms with van der Waals surface area (Å²) in [4.78, 5) is 5.55. The Kier molecular flexibility index (Phi) is 4.49. The van der Waals surface area contributed by atoms with Crippen LogP contribution < -0.4 is 9.47 Å². The third-order valence-corrected chi connectivity index (χ3v) is 4.01. The van der Waals surface area contributed by atoms with E-state index >= 15 is 0 Å². The summed E-state index contributed by atoms with van der Waals surface area (Å²) < 4.78 is 11.0. The summed E-state index contributed by atoms with van der Waals surface area (Å²) in [6.45, 7) is 2.55. The van der Waals surface area contributed by atoms with Gasteiger partial charge in [-0.1, -0.05) is 6.07 Å². The van der Waals surface area contributed by atoms with Crippen LogP contribution >= 0.6 is 24.0 Å². The van der Waals surface area contributed by atoms with Gasteiger partial charge >= 0.3 is 0 Å². The van der Waals surface area contributed by atoms with Crippen LogP contribution in [0.15, 0.2) is 24.4 Å². The highest BCUT2D eigenvalue weighted by Crippen LogP contribution is 2.39. The Morgan fingerprint density at radius 1 is 1.39 bits per heavy atom. The lowest BCUT2D eigenvalue weighted by molar-refractivity contribution is 0.312. The van der Waals surface area contributed by atoms with E-state index in [4.69, 9.17) is 9.47 Å². The van der Waals surface area contributed by atoms with Gasteiger partial charge in [0.2, 0.25) is 0 Å². The first-order valence-corrected chi connectivity index (χ1v) is 7.10. The first-order valence-electron chi connectivity index (χ1n) is 5.65. The minimum absolute atomic E-state index is 0.595. The van der Waals surface area contributed by atoms with E-state index in [2.05, 4.69) is 17.6 Å². The molecule has 2 rings (SSSR count). The van der Waals surface area contributed by atoms with Crippen LogP contribution in [0.2, 0.25) is 0 Å². The maximum absolute atomic E-state index is 5.68. The highest BCUT2D eigenvalue weighted by atomic mass is 32.1. The predicted molar refractivity (Wildman–Crippen MR) is 78.0 cm³/mol. The molecule has 1 heterocycles. The van der Waals surface area contributed by atoms with Crippen molar-refractivity contribution in [3.8, 4) is 22.1 Å². The number of para-hydroxylation sites is 1. The first kappa shape index (κ1) is 13.2. The molecule has 0 atom stereocenters. The van der Waals surface area contributed by atoms with Gasteiger partial charge in [-0.15, -0.1) is 11.3 Å². The van der Waals surface area contributed by atoms with Gasteiger partial charge in [0.05, 0.1) is 19.3 Å². The van der Waals surface area contributed by atoms with Gasteiger partial charge in [0.1, 0.15) is 5.01 Å². The molecule has 0 bridgehead atoms. The number of thiol groups is 1. The number of nitrogens with zero attached hydrogens (tertiary/aromatic N) is 1. The molecule has 0 N–H and O–H groups in total. The maximum atomic E-state index is 5.68. The number of methoxy groups -OCH3 is 1. The number of thiazole rings is 1. The zero-order chi connectivity index (χ0) is 13.0. The lowest BCUT2D eigenvalue weighted by Gasteiger charge is -2.12. The van der Waals surface area contributed by atoms with E-state index in [0.29, 0.717) is 12.4 Å². The lowest BCUT2D eigenvalue weighted by Crippen LogP contribution is -1.97. The van der Waals surface area contributed by atoms with Crippen LogP contribution in [0.5, 0.6) is 11.5 Å². The van der Waals surface area contributed by atoms with E-state index < -0.39 is 0 Å². The molecule has 0 aliphatic rings. The van der Waals surface area contributed by atoms with Gasteiger partial charge in [-0.2, -0.15) is 12.6 Å². The first-order chi connectivity index (χ1) is 8.80. The molecule has 0 spiro atoms. The molecule has 0 aliphatic carbocycles. The van der Waals surface area contributed by atoms with E-state index in [-0.39, 0.29) is 0 Å². The van der Waals surface area contributed by atoms with E-state index in [1.807, 2.05) is 31.3 Å². The summed E-state index contributed by atoms with van der Waals surface area (Å²) in [6.07, 6.45) is 1.85. The average molecular weight is 281 g/mol. The summed E-state index contributed by atoms with van der Waals surface area (Å²) in [5, 5.41) is 0.932. The van der Waals surface area contributed by atoms with Crippen molar-refractivity contribution < 1.29 is 9.47 Å². The molecule has 2 aromatic rings. The van der Waals surface area contributed by atoms with Gasteiger partial charge in [0.15, 0.2) is 11.5 Å². The zero-order valence-electron chi connectivity index (χ0n) is 10.3. The van der Waals surface area contributed by atoms with E-state index in [0.717, 1.165) is 26.9 Å². The van der Waals surface area contributed by atoms with Gasteiger partial charge in [0, 0.05) is 16.8 Å². The van der Waals surface area contributed by atoms with Crippen molar-refractivity contribution in [3.05, 3.63) is 29.3 Å². The summed E-state index contributed by atoms with van der Waals surface area (Å²) in [7, 11) is 1.64. The van der Waals surface area contributed by atoms with Gasteiger partial charge < -0.3 is 9.47 Å². The average Bonchev–Trinajstić information content (AvgIpc) is 2.88. The Labute approximate surface area is 116 Å². The number of hydrogen-bond donors (Lipinski definition) is 1. The highest BCUT2D eigenvalue weighted by molar-refractivity contribution is 7.79. The second-order valence-corrected chi connectivity index (χ2v) is 4.99. The Morgan fingerprint density at radius 3 is 2.83 bits per heavy atom. The molecule has 96 valence electrons. The number of hydrogen-bond acceptors (Lipinski definition) is 5. The highest BCUT2D eigenvalue weighted by Gasteiger charge is 2.14. The number of aromatic nitrogens is 1. The third kappa shape index (κ3) is 2.62. The molecule has 0 amide bonds. The Morgan fingerprint density at radius 2 is 2.22 bits per heavy atom. The summed E-state index contributed by atoms with van der Waals surface area (Å²) >= 11 is 5.88. The van der Waals surface area contributed by atoms with E-state index in [1.165, 1.54) is 0 Å². The fourth-order valence-electron chi connectivity index (χ4n) is 1.64. The van der Waals surface area contributed by atoms with Crippen LogP contribution in [0.3, 0.4) is 0 Å². The molecule has 0 saturated carbocycles. The van der Waals surface area contributed by atoms with Crippen LogP contribution in [0, 0.1) is 0 Å². The summed E-state index contributed by atoms with van der Waals surface area (Å²) in [6, 6.07) is 5.83. The number of rotatable bonds is 5. The molecule has 1 aromatic heterocycles. The van der Waals surface area contributed by atoms with Crippen LogP contribution in [-0.2, 0) is 5.75 Å².